The van der Waals surface area contributed by atoms with E-state index in [4.69, 9.17) is 10.5 Å². The second-order valence-electron chi connectivity index (χ2n) is 5.57. The molecule has 2 rings (SSSR count). The van der Waals surface area contributed by atoms with Crippen LogP contribution in [-0.4, -0.2) is 55.0 Å². The molecule has 1 saturated heterocycles. The Kier molecular flexibility index (Phi) is 10.2. The quantitative estimate of drug-likeness (QED) is 0.847. The van der Waals surface area contributed by atoms with Gasteiger partial charge in [-0.1, -0.05) is 6.92 Å². The maximum absolute atomic E-state index is 13.4. The average Bonchev–Trinajstić information content (AvgIpc) is 2.54. The Morgan fingerprint density at radius 1 is 1.29 bits per heavy atom. The average molecular weight is 382 g/mol. The summed E-state index contributed by atoms with van der Waals surface area (Å²) >= 11 is 0. The zero-order valence-electron chi connectivity index (χ0n) is 14.0. The smallest absolute Gasteiger partial charge is 0.239 e. The molecule has 0 bridgehead atoms. The van der Waals surface area contributed by atoms with E-state index in [1.165, 1.54) is 12.1 Å². The number of nitrogens with zero attached hydrogens (tertiary/aromatic N) is 2. The maximum atomic E-state index is 13.4. The first-order valence-electron chi connectivity index (χ1n) is 7.64. The van der Waals surface area contributed by atoms with Crippen molar-refractivity contribution in [1.82, 2.24) is 9.80 Å². The minimum Gasteiger partial charge on any atom is -0.496 e. The zero-order valence-corrected chi connectivity index (χ0v) is 15.7. The van der Waals surface area contributed by atoms with Gasteiger partial charge in [0.2, 0.25) is 5.91 Å². The van der Waals surface area contributed by atoms with Gasteiger partial charge in [-0.3, -0.25) is 9.69 Å². The molecule has 0 spiro atoms. The molecule has 1 aromatic carbocycles. The van der Waals surface area contributed by atoms with E-state index < -0.39 is 6.04 Å². The number of hydrogen-bond acceptors (Lipinski definition) is 4. The first kappa shape index (κ1) is 22.9. The van der Waals surface area contributed by atoms with Gasteiger partial charge >= 0.3 is 0 Å². The van der Waals surface area contributed by atoms with Gasteiger partial charge in [-0.2, -0.15) is 0 Å². The zero-order chi connectivity index (χ0) is 16.1. The molecule has 0 aliphatic carbocycles. The van der Waals surface area contributed by atoms with Gasteiger partial charge in [0.25, 0.3) is 0 Å². The highest BCUT2D eigenvalue weighted by Gasteiger charge is 2.24. The summed E-state index contributed by atoms with van der Waals surface area (Å²) in [7, 11) is 1.58. The van der Waals surface area contributed by atoms with Crippen LogP contribution in [0.25, 0.3) is 0 Å². The molecule has 0 saturated carbocycles. The van der Waals surface area contributed by atoms with E-state index in [1.807, 2.05) is 11.8 Å². The van der Waals surface area contributed by atoms with E-state index in [1.54, 1.807) is 13.2 Å². The molecule has 0 aromatic heterocycles. The Balaban J connectivity index is 0.00000264. The summed E-state index contributed by atoms with van der Waals surface area (Å²) in [5, 5.41) is 0. The molecule has 5 nitrogen and oxygen atoms in total. The second kappa shape index (κ2) is 10.7. The molecule has 1 heterocycles. The molecule has 1 amide bonds. The van der Waals surface area contributed by atoms with E-state index >= 15 is 0 Å². The predicted octanol–water partition coefficient (Wildman–Crippen LogP) is 2.06. The molecule has 0 unspecified atom stereocenters. The Morgan fingerprint density at radius 3 is 2.46 bits per heavy atom. The van der Waals surface area contributed by atoms with Gasteiger partial charge in [0.05, 0.1) is 13.2 Å². The fourth-order valence-electron chi connectivity index (χ4n) is 2.65. The molecule has 1 atom stereocenters. The molecule has 24 heavy (non-hydrogen) atoms. The summed E-state index contributed by atoms with van der Waals surface area (Å²) in [6, 6.07) is 4.13. The highest BCUT2D eigenvalue weighted by molar-refractivity contribution is 5.85. The van der Waals surface area contributed by atoms with Crippen molar-refractivity contribution in [2.75, 3.05) is 33.3 Å². The number of halogens is 3. The van der Waals surface area contributed by atoms with Crippen LogP contribution >= 0.6 is 24.8 Å². The van der Waals surface area contributed by atoms with Crippen LogP contribution in [0.2, 0.25) is 0 Å². The summed E-state index contributed by atoms with van der Waals surface area (Å²) < 4.78 is 18.7. The molecule has 0 radical (unpaired) electrons. The van der Waals surface area contributed by atoms with E-state index in [9.17, 15) is 9.18 Å². The Hall–Kier alpha value is -1.08. The van der Waals surface area contributed by atoms with Crippen molar-refractivity contribution in [3.8, 4) is 5.75 Å². The van der Waals surface area contributed by atoms with E-state index in [0.717, 1.165) is 18.7 Å². The maximum Gasteiger partial charge on any atom is 0.239 e. The van der Waals surface area contributed by atoms with Gasteiger partial charge in [-0.05, 0) is 24.6 Å². The van der Waals surface area contributed by atoms with Crippen molar-refractivity contribution < 1.29 is 13.9 Å². The summed E-state index contributed by atoms with van der Waals surface area (Å²) in [6.07, 6.45) is 0.652. The third-order valence-electron chi connectivity index (χ3n) is 4.08. The Labute approximate surface area is 155 Å². The fourth-order valence-corrected chi connectivity index (χ4v) is 2.65. The molecular weight excluding hydrogens is 356 g/mol. The Bertz CT molecular complexity index is 526. The lowest BCUT2D eigenvalue weighted by Gasteiger charge is -2.36. The number of methoxy groups -OCH3 is 1. The Morgan fingerprint density at radius 2 is 1.92 bits per heavy atom. The number of carbonyl (C=O) groups is 1. The number of carbonyl (C=O) groups excluding carboxylic acids is 1. The molecular formula is C16H26Cl2FN3O2. The number of amides is 1. The van der Waals surface area contributed by atoms with E-state index in [-0.39, 0.29) is 36.5 Å². The lowest BCUT2D eigenvalue weighted by Crippen LogP contribution is -2.52. The van der Waals surface area contributed by atoms with Crippen molar-refractivity contribution in [1.29, 1.82) is 0 Å². The lowest BCUT2D eigenvalue weighted by atomic mass is 10.1. The highest BCUT2D eigenvalue weighted by atomic mass is 35.5. The third-order valence-corrected chi connectivity index (χ3v) is 4.08. The van der Waals surface area contributed by atoms with Crippen molar-refractivity contribution in [2.24, 2.45) is 5.73 Å². The van der Waals surface area contributed by atoms with Gasteiger partial charge in [0.1, 0.15) is 11.6 Å². The van der Waals surface area contributed by atoms with Crippen molar-refractivity contribution in [3.05, 3.63) is 29.6 Å². The molecule has 1 aliphatic heterocycles. The van der Waals surface area contributed by atoms with Crippen LogP contribution in [0.5, 0.6) is 5.75 Å². The van der Waals surface area contributed by atoms with Crippen LogP contribution in [0, 0.1) is 5.82 Å². The van der Waals surface area contributed by atoms with E-state index in [2.05, 4.69) is 4.90 Å². The molecule has 138 valence electrons. The number of hydrogen-bond donors (Lipinski definition) is 1. The van der Waals surface area contributed by atoms with Crippen molar-refractivity contribution in [2.45, 2.75) is 25.9 Å². The van der Waals surface area contributed by atoms with Crippen molar-refractivity contribution >= 4 is 30.7 Å². The second-order valence-corrected chi connectivity index (χ2v) is 5.57. The SMILES string of the molecule is CC[C@H](N)C(=O)N1CCN(Cc2cc(F)ccc2OC)CC1.Cl.Cl. The number of ether oxygens (including phenoxy) is 1. The third kappa shape index (κ3) is 5.77. The van der Waals surface area contributed by atoms with Crippen LogP contribution in [0.15, 0.2) is 18.2 Å². The number of rotatable bonds is 5. The molecule has 1 aromatic rings. The van der Waals surface area contributed by atoms with Crippen LogP contribution in [0.4, 0.5) is 4.39 Å². The highest BCUT2D eigenvalue weighted by Crippen LogP contribution is 2.21. The van der Waals surface area contributed by atoms with Gasteiger partial charge in [-0.25, -0.2) is 4.39 Å². The van der Waals surface area contributed by atoms with Crippen LogP contribution in [0.1, 0.15) is 18.9 Å². The summed E-state index contributed by atoms with van der Waals surface area (Å²) in [4.78, 5) is 16.1. The van der Waals surface area contributed by atoms with Crippen molar-refractivity contribution in [3.63, 3.8) is 0 Å². The monoisotopic (exact) mass is 381 g/mol. The first-order valence-corrected chi connectivity index (χ1v) is 7.64. The molecule has 1 aliphatic rings. The van der Waals surface area contributed by atoms with Crippen LogP contribution in [0.3, 0.4) is 0 Å². The topological polar surface area (TPSA) is 58.8 Å². The minimum absolute atomic E-state index is 0. The number of piperazine rings is 1. The van der Waals surface area contributed by atoms with Crippen LogP contribution in [-0.2, 0) is 11.3 Å². The largest absolute Gasteiger partial charge is 0.496 e. The standard InChI is InChI=1S/C16H24FN3O2.2ClH/c1-3-14(18)16(21)20-8-6-19(7-9-20)11-12-10-13(17)4-5-15(12)22-2;;/h4-5,10,14H,3,6-9,11,18H2,1-2H3;2*1H/t14-;;/m0../s1. The summed E-state index contributed by atoms with van der Waals surface area (Å²) in [6.45, 7) is 5.34. The van der Waals surface area contributed by atoms with Gasteiger partial charge in [0.15, 0.2) is 0 Å². The summed E-state index contributed by atoms with van der Waals surface area (Å²) in [5.41, 5.74) is 6.62. The molecule has 1 fully saturated rings. The lowest BCUT2D eigenvalue weighted by molar-refractivity contribution is -0.134. The number of nitrogens with two attached hydrogens (primary N) is 1. The minimum atomic E-state index is -0.408. The molecule has 2 N–H and O–H groups in total. The van der Waals surface area contributed by atoms with Crippen LogP contribution < -0.4 is 10.5 Å². The predicted molar refractivity (Wildman–Crippen MR) is 97.6 cm³/mol. The van der Waals surface area contributed by atoms with Gasteiger partial charge in [-0.15, -0.1) is 24.8 Å². The first-order chi connectivity index (χ1) is 10.5. The van der Waals surface area contributed by atoms with Gasteiger partial charge in [0, 0.05) is 38.3 Å². The van der Waals surface area contributed by atoms with Gasteiger partial charge < -0.3 is 15.4 Å². The summed E-state index contributed by atoms with van der Waals surface area (Å²) in [5.74, 6) is 0.442. The fraction of sp³-hybridized carbons (Fsp3) is 0.562. The number of benzene rings is 1. The van der Waals surface area contributed by atoms with E-state index in [0.29, 0.717) is 31.8 Å². The normalized spacial score (nSPS) is 15.9. The molecule has 8 heteroatoms.